The van der Waals surface area contributed by atoms with Gasteiger partial charge in [-0.2, -0.15) is 0 Å². The number of hydrogen-bond donors (Lipinski definition) is 1. The Morgan fingerprint density at radius 3 is 2.53 bits per heavy atom. The van der Waals surface area contributed by atoms with Crippen molar-refractivity contribution in [2.45, 2.75) is 18.4 Å². The van der Waals surface area contributed by atoms with Gasteiger partial charge in [0.25, 0.3) is 0 Å². The molecule has 0 amide bonds. The second-order valence-corrected chi connectivity index (χ2v) is 4.03. The molecule has 1 fully saturated rings. The molecule has 1 atom stereocenters. The Morgan fingerprint density at radius 1 is 1.40 bits per heavy atom. The highest BCUT2D eigenvalue weighted by Crippen LogP contribution is 2.36. The maximum atomic E-state index is 11.3. The Bertz CT molecular complexity index is 366. The van der Waals surface area contributed by atoms with E-state index in [2.05, 4.69) is 0 Å². The number of carbonyl (C=O) groups is 1. The zero-order chi connectivity index (χ0) is 10.9. The van der Waals surface area contributed by atoms with E-state index in [0.29, 0.717) is 23.6 Å². The normalized spacial score (nSPS) is 25.4. The molecule has 1 N–H and O–H groups in total. The number of carboxylic acid groups (broad SMARTS) is 1. The number of aliphatic carboxylic acids is 1. The molecule has 0 radical (unpaired) electrons. The molecule has 1 aliphatic heterocycles. The second-order valence-electron chi connectivity index (χ2n) is 3.59. The van der Waals surface area contributed by atoms with Gasteiger partial charge in [-0.3, -0.25) is 0 Å². The third-order valence-corrected chi connectivity index (χ3v) is 2.93. The van der Waals surface area contributed by atoms with Crippen molar-refractivity contribution in [2.24, 2.45) is 0 Å². The number of halogens is 1. The molecule has 0 bridgehead atoms. The zero-order valence-electron chi connectivity index (χ0n) is 8.07. The molecule has 1 unspecified atom stereocenters. The van der Waals surface area contributed by atoms with Crippen LogP contribution >= 0.6 is 11.6 Å². The number of carboxylic acids is 1. The molecule has 1 heterocycles. The zero-order valence-corrected chi connectivity index (χ0v) is 8.83. The smallest absolute Gasteiger partial charge is 0.340 e. The van der Waals surface area contributed by atoms with Crippen LogP contribution in [0, 0.1) is 0 Å². The molecular formula is C11H11ClO3. The van der Waals surface area contributed by atoms with Gasteiger partial charge in [-0.15, -0.1) is 0 Å². The van der Waals surface area contributed by atoms with E-state index >= 15 is 0 Å². The van der Waals surface area contributed by atoms with Crippen LogP contribution in [0.4, 0.5) is 0 Å². The van der Waals surface area contributed by atoms with Gasteiger partial charge in [-0.1, -0.05) is 23.7 Å². The molecule has 2 rings (SSSR count). The van der Waals surface area contributed by atoms with E-state index in [4.69, 9.17) is 16.3 Å². The highest BCUT2D eigenvalue weighted by atomic mass is 35.5. The van der Waals surface area contributed by atoms with Crippen molar-refractivity contribution in [1.82, 2.24) is 0 Å². The van der Waals surface area contributed by atoms with E-state index in [0.717, 1.165) is 6.42 Å². The van der Waals surface area contributed by atoms with Crippen molar-refractivity contribution in [3.8, 4) is 0 Å². The Morgan fingerprint density at radius 2 is 2.07 bits per heavy atom. The van der Waals surface area contributed by atoms with Crippen molar-refractivity contribution >= 4 is 17.6 Å². The minimum atomic E-state index is -1.16. The van der Waals surface area contributed by atoms with Crippen LogP contribution in [0.25, 0.3) is 0 Å². The molecule has 15 heavy (non-hydrogen) atoms. The van der Waals surface area contributed by atoms with Gasteiger partial charge in [0.1, 0.15) is 0 Å². The lowest BCUT2D eigenvalue weighted by atomic mass is 9.91. The molecule has 1 aromatic carbocycles. The minimum Gasteiger partial charge on any atom is -0.479 e. The van der Waals surface area contributed by atoms with Crippen LogP contribution < -0.4 is 0 Å². The van der Waals surface area contributed by atoms with Gasteiger partial charge in [0, 0.05) is 11.6 Å². The maximum absolute atomic E-state index is 11.3. The largest absolute Gasteiger partial charge is 0.479 e. The van der Waals surface area contributed by atoms with E-state index in [1.807, 2.05) is 0 Å². The van der Waals surface area contributed by atoms with Crippen LogP contribution in [0.2, 0.25) is 5.02 Å². The van der Waals surface area contributed by atoms with Gasteiger partial charge in [0.05, 0.1) is 0 Å². The number of benzene rings is 1. The van der Waals surface area contributed by atoms with Gasteiger partial charge in [-0.05, 0) is 30.5 Å². The van der Waals surface area contributed by atoms with Crippen LogP contribution in [0.1, 0.15) is 18.4 Å². The van der Waals surface area contributed by atoms with Gasteiger partial charge in [0.15, 0.2) is 5.60 Å². The van der Waals surface area contributed by atoms with E-state index in [-0.39, 0.29) is 0 Å². The van der Waals surface area contributed by atoms with Gasteiger partial charge < -0.3 is 9.84 Å². The Kier molecular flexibility index (Phi) is 2.67. The van der Waals surface area contributed by atoms with Crippen molar-refractivity contribution in [2.75, 3.05) is 6.61 Å². The first-order valence-electron chi connectivity index (χ1n) is 4.78. The standard InChI is InChI=1S/C11H11ClO3/c12-9-4-2-8(3-5-9)11(10(13)14)6-1-7-15-11/h2-5H,1,6-7H2,(H,13,14). The fourth-order valence-corrected chi connectivity index (χ4v) is 2.00. The fraction of sp³-hybridized carbons (Fsp3) is 0.364. The Hall–Kier alpha value is -1.06. The Balaban J connectivity index is 2.41. The maximum Gasteiger partial charge on any atom is 0.340 e. The average molecular weight is 227 g/mol. The average Bonchev–Trinajstić information content (AvgIpc) is 2.69. The van der Waals surface area contributed by atoms with Gasteiger partial charge in [0.2, 0.25) is 0 Å². The molecular weight excluding hydrogens is 216 g/mol. The first-order chi connectivity index (χ1) is 7.15. The van der Waals surface area contributed by atoms with E-state index in [1.54, 1.807) is 24.3 Å². The lowest BCUT2D eigenvalue weighted by Gasteiger charge is -2.23. The summed E-state index contributed by atoms with van der Waals surface area (Å²) < 4.78 is 5.39. The van der Waals surface area contributed by atoms with Gasteiger partial charge >= 0.3 is 5.97 Å². The van der Waals surface area contributed by atoms with E-state index < -0.39 is 11.6 Å². The molecule has 0 aromatic heterocycles. The third kappa shape index (κ3) is 1.73. The monoisotopic (exact) mass is 226 g/mol. The molecule has 1 saturated heterocycles. The molecule has 4 heteroatoms. The molecule has 1 aliphatic rings. The minimum absolute atomic E-state index is 0.495. The van der Waals surface area contributed by atoms with Crippen LogP contribution in [0.5, 0.6) is 0 Å². The van der Waals surface area contributed by atoms with Crippen molar-refractivity contribution in [1.29, 1.82) is 0 Å². The quantitative estimate of drug-likeness (QED) is 0.843. The van der Waals surface area contributed by atoms with Gasteiger partial charge in [-0.25, -0.2) is 4.79 Å². The van der Waals surface area contributed by atoms with Crippen LogP contribution in [-0.4, -0.2) is 17.7 Å². The predicted octanol–water partition coefficient (Wildman–Crippen LogP) is 2.43. The predicted molar refractivity (Wildman–Crippen MR) is 56.0 cm³/mol. The molecule has 3 nitrogen and oxygen atoms in total. The summed E-state index contributed by atoms with van der Waals surface area (Å²) in [6.45, 7) is 0.495. The lowest BCUT2D eigenvalue weighted by molar-refractivity contribution is -0.161. The molecule has 0 saturated carbocycles. The Labute approximate surface area is 92.6 Å². The fourth-order valence-electron chi connectivity index (χ4n) is 1.88. The first-order valence-corrected chi connectivity index (χ1v) is 5.16. The molecule has 0 aliphatic carbocycles. The second kappa shape index (κ2) is 3.83. The van der Waals surface area contributed by atoms with Crippen LogP contribution in [0.3, 0.4) is 0 Å². The van der Waals surface area contributed by atoms with Crippen LogP contribution in [0.15, 0.2) is 24.3 Å². The highest BCUT2D eigenvalue weighted by Gasteiger charge is 2.44. The summed E-state index contributed by atoms with van der Waals surface area (Å²) >= 11 is 5.76. The van der Waals surface area contributed by atoms with Crippen molar-refractivity contribution in [3.05, 3.63) is 34.9 Å². The lowest BCUT2D eigenvalue weighted by Crippen LogP contribution is -2.34. The molecule has 0 spiro atoms. The summed E-state index contributed by atoms with van der Waals surface area (Å²) in [6.07, 6.45) is 1.29. The number of ether oxygens (including phenoxy) is 1. The van der Waals surface area contributed by atoms with Crippen molar-refractivity contribution < 1.29 is 14.6 Å². The first kappa shape index (κ1) is 10.5. The summed E-state index contributed by atoms with van der Waals surface area (Å²) in [5.41, 5.74) is -0.498. The summed E-state index contributed by atoms with van der Waals surface area (Å²) in [4.78, 5) is 11.3. The highest BCUT2D eigenvalue weighted by molar-refractivity contribution is 6.30. The number of rotatable bonds is 2. The number of hydrogen-bond acceptors (Lipinski definition) is 2. The van der Waals surface area contributed by atoms with E-state index in [9.17, 15) is 9.90 Å². The summed E-state index contributed by atoms with van der Waals surface area (Å²) in [7, 11) is 0. The summed E-state index contributed by atoms with van der Waals surface area (Å²) in [5.74, 6) is -0.928. The third-order valence-electron chi connectivity index (χ3n) is 2.68. The van der Waals surface area contributed by atoms with E-state index in [1.165, 1.54) is 0 Å². The summed E-state index contributed by atoms with van der Waals surface area (Å²) in [6, 6.07) is 6.79. The molecule has 1 aromatic rings. The summed E-state index contributed by atoms with van der Waals surface area (Å²) in [5, 5.41) is 9.82. The van der Waals surface area contributed by atoms with Crippen LogP contribution in [-0.2, 0) is 15.1 Å². The molecule has 80 valence electrons. The SMILES string of the molecule is O=C(O)C1(c2ccc(Cl)cc2)CCCO1. The van der Waals surface area contributed by atoms with Crippen molar-refractivity contribution in [3.63, 3.8) is 0 Å². The topological polar surface area (TPSA) is 46.5 Å².